The molecule has 4 amide bonds. The first-order valence-corrected chi connectivity index (χ1v) is 6.52. The van der Waals surface area contributed by atoms with Gasteiger partial charge in [0.15, 0.2) is 0 Å². The van der Waals surface area contributed by atoms with Gasteiger partial charge in [0.25, 0.3) is 0 Å². The highest BCUT2D eigenvalue weighted by Gasteiger charge is 2.25. The van der Waals surface area contributed by atoms with E-state index in [-0.39, 0.29) is 18.9 Å². The Morgan fingerprint density at radius 2 is 1.91 bits per heavy atom. The number of amides is 4. The number of methoxy groups -OCH3 is 1. The molecule has 1 atom stereocenters. The van der Waals surface area contributed by atoms with Crippen LogP contribution in [0.1, 0.15) is 12.5 Å². The van der Waals surface area contributed by atoms with Crippen molar-refractivity contribution in [2.24, 2.45) is 11.7 Å². The number of carbonyl (C=O) groups is 3. The summed E-state index contributed by atoms with van der Waals surface area (Å²) in [5.41, 5.74) is 5.79. The van der Waals surface area contributed by atoms with Crippen molar-refractivity contribution >= 4 is 18.0 Å². The van der Waals surface area contributed by atoms with E-state index in [1.807, 2.05) is 0 Å². The molecule has 0 aromatic heterocycles. The number of benzene rings is 1. The van der Waals surface area contributed by atoms with Gasteiger partial charge < -0.3 is 15.8 Å². The lowest BCUT2D eigenvalue weighted by atomic mass is 10.2. The molecule has 0 fully saturated rings. The third kappa shape index (κ3) is 5.04. The molecular formula is C14H18FN3O4. The Kier molecular flexibility index (Phi) is 6.30. The minimum atomic E-state index is -0.979. The van der Waals surface area contributed by atoms with Gasteiger partial charge >= 0.3 is 18.0 Å². The van der Waals surface area contributed by atoms with Crippen LogP contribution >= 0.6 is 0 Å². The van der Waals surface area contributed by atoms with Crippen LogP contribution in [-0.4, -0.2) is 36.6 Å². The maximum atomic E-state index is 12.8. The number of hydrogen-bond donors (Lipinski definition) is 2. The van der Waals surface area contributed by atoms with Crippen molar-refractivity contribution in [2.75, 3.05) is 13.7 Å². The number of imide groups is 1. The molecule has 0 unspecified atom stereocenters. The summed E-state index contributed by atoms with van der Waals surface area (Å²) in [4.78, 5) is 35.3. The molecular weight excluding hydrogens is 293 g/mol. The normalized spacial score (nSPS) is 11.4. The first-order valence-electron chi connectivity index (χ1n) is 6.52. The SMILES string of the molecule is COC(=O)[C@@H](C)CN(C(N)=O)C(=O)NCc1ccc(F)cc1. The summed E-state index contributed by atoms with van der Waals surface area (Å²) in [5, 5.41) is 2.47. The largest absolute Gasteiger partial charge is 0.469 e. The number of rotatable bonds is 5. The summed E-state index contributed by atoms with van der Waals surface area (Å²) < 4.78 is 17.3. The number of esters is 1. The number of nitrogens with two attached hydrogens (primary N) is 1. The van der Waals surface area contributed by atoms with Crippen LogP contribution in [0.5, 0.6) is 0 Å². The Balaban J connectivity index is 2.63. The second kappa shape index (κ2) is 7.96. The van der Waals surface area contributed by atoms with Crippen molar-refractivity contribution in [1.82, 2.24) is 10.2 Å². The fourth-order valence-electron chi connectivity index (χ4n) is 1.70. The van der Waals surface area contributed by atoms with E-state index in [9.17, 15) is 18.8 Å². The number of urea groups is 2. The van der Waals surface area contributed by atoms with Gasteiger partial charge in [-0.15, -0.1) is 0 Å². The van der Waals surface area contributed by atoms with Gasteiger partial charge in [-0.1, -0.05) is 19.1 Å². The predicted octanol–water partition coefficient (Wildman–Crippen LogP) is 1.23. The van der Waals surface area contributed by atoms with Crippen LogP contribution in [0.25, 0.3) is 0 Å². The average Bonchev–Trinajstić information content (AvgIpc) is 2.50. The maximum Gasteiger partial charge on any atom is 0.325 e. The van der Waals surface area contributed by atoms with Crippen molar-refractivity contribution in [3.05, 3.63) is 35.6 Å². The lowest BCUT2D eigenvalue weighted by molar-refractivity contribution is -0.144. The van der Waals surface area contributed by atoms with Gasteiger partial charge in [0.1, 0.15) is 5.82 Å². The van der Waals surface area contributed by atoms with Crippen LogP contribution in [0, 0.1) is 11.7 Å². The van der Waals surface area contributed by atoms with E-state index in [4.69, 9.17) is 5.73 Å². The molecule has 0 radical (unpaired) electrons. The van der Waals surface area contributed by atoms with Gasteiger partial charge in [-0.3, -0.25) is 4.79 Å². The molecule has 0 aliphatic carbocycles. The summed E-state index contributed by atoms with van der Waals surface area (Å²) in [7, 11) is 1.21. The molecule has 0 saturated carbocycles. The zero-order valence-electron chi connectivity index (χ0n) is 12.3. The van der Waals surface area contributed by atoms with Crippen molar-refractivity contribution in [3.8, 4) is 0 Å². The van der Waals surface area contributed by atoms with Crippen LogP contribution in [0.3, 0.4) is 0 Å². The zero-order chi connectivity index (χ0) is 16.7. The number of ether oxygens (including phenoxy) is 1. The van der Waals surface area contributed by atoms with E-state index in [1.165, 1.54) is 38.3 Å². The van der Waals surface area contributed by atoms with E-state index in [0.717, 1.165) is 0 Å². The van der Waals surface area contributed by atoms with Gasteiger partial charge in [0, 0.05) is 13.1 Å². The highest BCUT2D eigenvalue weighted by Crippen LogP contribution is 2.05. The fourth-order valence-corrected chi connectivity index (χ4v) is 1.70. The minimum Gasteiger partial charge on any atom is -0.469 e. The highest BCUT2D eigenvalue weighted by molar-refractivity contribution is 5.93. The highest BCUT2D eigenvalue weighted by atomic mass is 19.1. The quantitative estimate of drug-likeness (QED) is 0.798. The van der Waals surface area contributed by atoms with Gasteiger partial charge in [0.2, 0.25) is 0 Å². The van der Waals surface area contributed by atoms with E-state index in [2.05, 4.69) is 10.1 Å². The van der Waals surface area contributed by atoms with Crippen LogP contribution in [0.2, 0.25) is 0 Å². The average molecular weight is 311 g/mol. The molecule has 1 aromatic carbocycles. The first kappa shape index (κ1) is 17.4. The number of hydrogen-bond acceptors (Lipinski definition) is 4. The molecule has 0 heterocycles. The maximum absolute atomic E-state index is 12.8. The smallest absolute Gasteiger partial charge is 0.325 e. The molecule has 8 heteroatoms. The van der Waals surface area contributed by atoms with Crippen LogP contribution in [-0.2, 0) is 16.1 Å². The van der Waals surface area contributed by atoms with E-state index < -0.39 is 23.9 Å². The van der Waals surface area contributed by atoms with Crippen molar-refractivity contribution < 1.29 is 23.5 Å². The molecule has 0 spiro atoms. The monoisotopic (exact) mass is 311 g/mol. The molecule has 1 rings (SSSR count). The Morgan fingerprint density at radius 1 is 1.32 bits per heavy atom. The summed E-state index contributed by atoms with van der Waals surface area (Å²) in [6, 6.07) is 3.79. The van der Waals surface area contributed by atoms with Gasteiger partial charge in [-0.25, -0.2) is 18.9 Å². The van der Waals surface area contributed by atoms with Crippen molar-refractivity contribution in [1.29, 1.82) is 0 Å². The van der Waals surface area contributed by atoms with Gasteiger partial charge in [0.05, 0.1) is 13.0 Å². The van der Waals surface area contributed by atoms with Crippen LogP contribution < -0.4 is 11.1 Å². The lowest BCUT2D eigenvalue weighted by Crippen LogP contribution is -2.49. The van der Waals surface area contributed by atoms with Gasteiger partial charge in [-0.2, -0.15) is 0 Å². The summed E-state index contributed by atoms with van der Waals surface area (Å²) in [6.45, 7) is 1.40. The third-order valence-corrected chi connectivity index (χ3v) is 2.93. The topological polar surface area (TPSA) is 102 Å². The number of carbonyl (C=O) groups excluding carboxylic acids is 3. The van der Waals surface area contributed by atoms with Crippen LogP contribution in [0.15, 0.2) is 24.3 Å². The number of nitrogens with zero attached hydrogens (tertiary/aromatic N) is 1. The Bertz CT molecular complexity index is 548. The minimum absolute atomic E-state index is 0.0928. The molecule has 3 N–H and O–H groups in total. The molecule has 7 nitrogen and oxygen atoms in total. The number of primary amides is 1. The van der Waals surface area contributed by atoms with Crippen molar-refractivity contribution in [2.45, 2.75) is 13.5 Å². The Labute approximate surface area is 127 Å². The molecule has 0 saturated heterocycles. The van der Waals surface area contributed by atoms with Crippen LogP contribution in [0.4, 0.5) is 14.0 Å². The summed E-state index contributed by atoms with van der Waals surface area (Å²) in [6.07, 6.45) is 0. The summed E-state index contributed by atoms with van der Waals surface area (Å²) in [5.74, 6) is -1.65. The van der Waals surface area contributed by atoms with E-state index >= 15 is 0 Å². The predicted molar refractivity (Wildman–Crippen MR) is 76.1 cm³/mol. The van der Waals surface area contributed by atoms with E-state index in [1.54, 1.807) is 0 Å². The first-order chi connectivity index (χ1) is 10.3. The standard InChI is InChI=1S/C14H18FN3O4/c1-9(12(19)22-2)8-18(13(16)20)14(21)17-7-10-3-5-11(15)6-4-10/h3-6,9H,7-8H2,1-2H3,(H2,16,20)(H,17,21)/t9-/m0/s1. The van der Waals surface area contributed by atoms with Gasteiger partial charge in [-0.05, 0) is 17.7 Å². The number of halogens is 1. The molecule has 0 bridgehead atoms. The van der Waals surface area contributed by atoms with Crippen molar-refractivity contribution in [3.63, 3.8) is 0 Å². The molecule has 0 aliphatic rings. The zero-order valence-corrected chi connectivity index (χ0v) is 12.3. The Morgan fingerprint density at radius 3 is 2.41 bits per heavy atom. The Hall–Kier alpha value is -2.64. The molecule has 22 heavy (non-hydrogen) atoms. The molecule has 1 aromatic rings. The van der Waals surface area contributed by atoms with E-state index in [0.29, 0.717) is 10.5 Å². The molecule has 120 valence electrons. The fraction of sp³-hybridized carbons (Fsp3) is 0.357. The second-order valence-corrected chi connectivity index (χ2v) is 4.66. The second-order valence-electron chi connectivity index (χ2n) is 4.66. The molecule has 0 aliphatic heterocycles. The number of nitrogens with one attached hydrogen (secondary N) is 1. The summed E-state index contributed by atoms with van der Waals surface area (Å²) >= 11 is 0. The third-order valence-electron chi connectivity index (χ3n) is 2.93. The lowest BCUT2D eigenvalue weighted by Gasteiger charge is -2.21.